The Bertz CT molecular complexity index is 225. The van der Waals surface area contributed by atoms with Gasteiger partial charge in [0, 0.05) is 12.6 Å². The van der Waals surface area contributed by atoms with Crippen LogP contribution in [0.15, 0.2) is 11.6 Å². The van der Waals surface area contributed by atoms with Gasteiger partial charge < -0.3 is 10.5 Å². The molecule has 0 bridgehead atoms. The molecule has 88 valence electrons. The van der Waals surface area contributed by atoms with Gasteiger partial charge in [0.15, 0.2) is 0 Å². The highest BCUT2D eigenvalue weighted by molar-refractivity contribution is 5.14. The lowest BCUT2D eigenvalue weighted by Crippen LogP contribution is -2.25. The molecule has 1 aliphatic carbocycles. The average molecular weight is 223 g/mol. The molecule has 0 radical (unpaired) electrons. The van der Waals surface area contributed by atoms with Gasteiger partial charge in [-0.25, -0.2) is 0 Å². The summed E-state index contributed by atoms with van der Waals surface area (Å²) in [5.41, 5.74) is 6.96. The second kappa shape index (κ2) is 5.51. The molecule has 0 saturated carbocycles. The van der Waals surface area contributed by atoms with Crippen LogP contribution in [0.1, 0.15) is 25.7 Å². The third-order valence-electron chi connectivity index (χ3n) is 2.39. The van der Waals surface area contributed by atoms with Crippen molar-refractivity contribution in [3.63, 3.8) is 0 Å². The SMILES string of the molecule is NC(CCOCC(F)(F)F)C1=CCCC1. The van der Waals surface area contributed by atoms with Crippen LogP contribution in [0.2, 0.25) is 0 Å². The van der Waals surface area contributed by atoms with Crippen LogP contribution in [-0.2, 0) is 4.74 Å². The molecule has 0 aromatic rings. The minimum Gasteiger partial charge on any atom is -0.372 e. The van der Waals surface area contributed by atoms with Gasteiger partial charge in [-0.1, -0.05) is 11.6 Å². The van der Waals surface area contributed by atoms with Crippen molar-refractivity contribution in [1.29, 1.82) is 0 Å². The molecule has 0 amide bonds. The van der Waals surface area contributed by atoms with Crippen molar-refractivity contribution in [2.45, 2.75) is 37.9 Å². The molecule has 1 unspecified atom stereocenters. The van der Waals surface area contributed by atoms with E-state index >= 15 is 0 Å². The first kappa shape index (κ1) is 12.5. The van der Waals surface area contributed by atoms with E-state index in [1.54, 1.807) is 0 Å². The molecule has 0 spiro atoms. The van der Waals surface area contributed by atoms with Gasteiger partial charge in [0.1, 0.15) is 6.61 Å². The van der Waals surface area contributed by atoms with Crippen molar-refractivity contribution < 1.29 is 17.9 Å². The van der Waals surface area contributed by atoms with Gasteiger partial charge in [0.05, 0.1) is 0 Å². The van der Waals surface area contributed by atoms with Gasteiger partial charge in [0.25, 0.3) is 0 Å². The molecule has 2 N–H and O–H groups in total. The maximum absolute atomic E-state index is 11.7. The lowest BCUT2D eigenvalue weighted by molar-refractivity contribution is -0.174. The van der Waals surface area contributed by atoms with Crippen molar-refractivity contribution >= 4 is 0 Å². The zero-order valence-electron chi connectivity index (χ0n) is 8.52. The van der Waals surface area contributed by atoms with Gasteiger partial charge in [-0.2, -0.15) is 13.2 Å². The smallest absolute Gasteiger partial charge is 0.372 e. The highest BCUT2D eigenvalue weighted by Gasteiger charge is 2.27. The van der Waals surface area contributed by atoms with E-state index in [1.807, 2.05) is 0 Å². The number of halogens is 3. The highest BCUT2D eigenvalue weighted by Crippen LogP contribution is 2.21. The Labute approximate surface area is 87.3 Å². The molecule has 1 aliphatic rings. The molecule has 0 aliphatic heterocycles. The Hall–Kier alpha value is -0.550. The van der Waals surface area contributed by atoms with Gasteiger partial charge in [-0.3, -0.25) is 0 Å². The summed E-state index contributed by atoms with van der Waals surface area (Å²) in [4.78, 5) is 0. The molecule has 0 aromatic heterocycles. The Morgan fingerprint density at radius 3 is 2.73 bits per heavy atom. The third kappa shape index (κ3) is 5.18. The molecule has 15 heavy (non-hydrogen) atoms. The Morgan fingerprint density at radius 2 is 2.20 bits per heavy atom. The molecule has 5 heteroatoms. The number of alkyl halides is 3. The van der Waals surface area contributed by atoms with Crippen LogP contribution in [0, 0.1) is 0 Å². The summed E-state index contributed by atoms with van der Waals surface area (Å²) < 4.78 is 39.6. The third-order valence-corrected chi connectivity index (χ3v) is 2.39. The van der Waals surface area contributed by atoms with Crippen molar-refractivity contribution in [1.82, 2.24) is 0 Å². The standard InChI is InChI=1S/C10H16F3NO/c11-10(12,13)7-15-6-5-9(14)8-3-1-2-4-8/h3,9H,1-2,4-7,14H2. The summed E-state index contributed by atoms with van der Waals surface area (Å²) in [6, 6.07) is -0.138. The summed E-state index contributed by atoms with van der Waals surface area (Å²) >= 11 is 0. The maximum atomic E-state index is 11.7. The normalized spacial score (nSPS) is 19.1. The van der Waals surface area contributed by atoms with E-state index < -0.39 is 12.8 Å². The monoisotopic (exact) mass is 223 g/mol. The largest absolute Gasteiger partial charge is 0.411 e. The van der Waals surface area contributed by atoms with Crippen LogP contribution >= 0.6 is 0 Å². The zero-order chi connectivity index (χ0) is 11.3. The fraction of sp³-hybridized carbons (Fsp3) is 0.800. The first-order valence-corrected chi connectivity index (χ1v) is 5.08. The summed E-state index contributed by atoms with van der Waals surface area (Å²) in [7, 11) is 0. The van der Waals surface area contributed by atoms with Crippen LogP contribution in [0.4, 0.5) is 13.2 Å². The first-order chi connectivity index (χ1) is 6.99. The van der Waals surface area contributed by atoms with E-state index in [-0.39, 0.29) is 12.6 Å². The van der Waals surface area contributed by atoms with Crippen LogP contribution in [-0.4, -0.2) is 25.4 Å². The number of ether oxygens (including phenoxy) is 1. The van der Waals surface area contributed by atoms with Crippen molar-refractivity contribution in [2.24, 2.45) is 5.73 Å². The predicted octanol–water partition coefficient (Wildman–Crippen LogP) is 2.39. The summed E-state index contributed by atoms with van der Waals surface area (Å²) in [6.45, 7) is -1.11. The van der Waals surface area contributed by atoms with Crippen LogP contribution < -0.4 is 5.73 Å². The Morgan fingerprint density at radius 1 is 1.47 bits per heavy atom. The molecule has 0 aromatic carbocycles. The Kier molecular flexibility index (Phi) is 4.60. The first-order valence-electron chi connectivity index (χ1n) is 5.08. The van der Waals surface area contributed by atoms with E-state index in [0.717, 1.165) is 24.8 Å². The minimum atomic E-state index is -4.24. The van der Waals surface area contributed by atoms with Crippen molar-refractivity contribution in [3.05, 3.63) is 11.6 Å². The molecule has 0 heterocycles. The fourth-order valence-electron chi connectivity index (χ4n) is 1.62. The number of rotatable bonds is 5. The van der Waals surface area contributed by atoms with E-state index in [0.29, 0.717) is 6.42 Å². The summed E-state index contributed by atoms with van der Waals surface area (Å²) in [5, 5.41) is 0. The van der Waals surface area contributed by atoms with Crippen molar-refractivity contribution in [3.8, 4) is 0 Å². The lowest BCUT2D eigenvalue weighted by Gasteiger charge is -2.13. The van der Waals surface area contributed by atoms with Crippen LogP contribution in [0.3, 0.4) is 0 Å². The number of nitrogens with two attached hydrogens (primary N) is 1. The van der Waals surface area contributed by atoms with Crippen LogP contribution in [0.5, 0.6) is 0 Å². The van der Waals surface area contributed by atoms with Gasteiger partial charge in [-0.05, 0) is 25.7 Å². The number of hydrogen-bond donors (Lipinski definition) is 1. The van der Waals surface area contributed by atoms with E-state index in [9.17, 15) is 13.2 Å². The lowest BCUT2D eigenvalue weighted by atomic mass is 10.1. The maximum Gasteiger partial charge on any atom is 0.411 e. The van der Waals surface area contributed by atoms with Gasteiger partial charge >= 0.3 is 6.18 Å². The minimum absolute atomic E-state index is 0.0675. The number of hydrogen-bond acceptors (Lipinski definition) is 2. The van der Waals surface area contributed by atoms with Gasteiger partial charge in [-0.15, -0.1) is 0 Å². The summed E-state index contributed by atoms with van der Waals surface area (Å²) in [6.07, 6.45) is 1.41. The topological polar surface area (TPSA) is 35.2 Å². The van der Waals surface area contributed by atoms with E-state index in [1.165, 1.54) is 0 Å². The molecule has 2 nitrogen and oxygen atoms in total. The molecule has 0 fully saturated rings. The number of allylic oxidation sites excluding steroid dienone is 1. The fourth-order valence-corrected chi connectivity index (χ4v) is 1.62. The van der Waals surface area contributed by atoms with Gasteiger partial charge in [0.2, 0.25) is 0 Å². The second-order valence-corrected chi connectivity index (χ2v) is 3.73. The zero-order valence-corrected chi connectivity index (χ0v) is 8.52. The van der Waals surface area contributed by atoms with E-state index in [4.69, 9.17) is 5.73 Å². The Balaban J connectivity index is 2.09. The molecule has 1 atom stereocenters. The van der Waals surface area contributed by atoms with Crippen molar-refractivity contribution in [2.75, 3.05) is 13.2 Å². The molecule has 1 rings (SSSR count). The quantitative estimate of drug-likeness (QED) is 0.573. The summed E-state index contributed by atoms with van der Waals surface area (Å²) in [5.74, 6) is 0. The molecular formula is C10H16F3NO. The highest BCUT2D eigenvalue weighted by atomic mass is 19.4. The molecular weight excluding hydrogens is 207 g/mol. The van der Waals surface area contributed by atoms with Crippen LogP contribution in [0.25, 0.3) is 0 Å². The average Bonchev–Trinajstić information content (AvgIpc) is 2.63. The molecule has 0 saturated heterocycles. The predicted molar refractivity (Wildman–Crippen MR) is 51.4 cm³/mol. The second-order valence-electron chi connectivity index (χ2n) is 3.73. The van der Waals surface area contributed by atoms with E-state index in [2.05, 4.69) is 10.8 Å².